The number of carbonyl (C=O) groups excluding carboxylic acids is 2. The monoisotopic (exact) mass is 446 g/mol. The molecule has 1 aliphatic carbocycles. The lowest BCUT2D eigenvalue weighted by atomic mass is 10.1. The molecule has 2 amide bonds. The van der Waals surface area contributed by atoms with Crippen LogP contribution in [0.2, 0.25) is 0 Å². The minimum atomic E-state index is -0.270. The summed E-state index contributed by atoms with van der Waals surface area (Å²) in [5.74, 6) is 1.15. The number of aliphatic imine (C=N–C) groups is 1. The molecule has 0 spiro atoms. The fourth-order valence-electron chi connectivity index (χ4n) is 3.47. The summed E-state index contributed by atoms with van der Waals surface area (Å²) in [5.41, 5.74) is 7.96. The predicted molar refractivity (Wildman–Crippen MR) is 125 cm³/mol. The SMILES string of the molecule is C=Nc1ccccc1C(=O)NCCN(CCN)C(=O)c1ccc(-c2noc(C3CC3)n2)cc1. The van der Waals surface area contributed by atoms with Gasteiger partial charge >= 0.3 is 0 Å². The van der Waals surface area contributed by atoms with Crippen molar-refractivity contribution in [2.45, 2.75) is 18.8 Å². The number of rotatable bonds is 10. The number of hydrogen-bond acceptors (Lipinski definition) is 7. The molecule has 1 aliphatic rings. The number of nitrogens with zero attached hydrogens (tertiary/aromatic N) is 4. The van der Waals surface area contributed by atoms with Crippen molar-refractivity contribution < 1.29 is 14.1 Å². The summed E-state index contributed by atoms with van der Waals surface area (Å²) >= 11 is 0. The van der Waals surface area contributed by atoms with E-state index < -0.39 is 0 Å². The van der Waals surface area contributed by atoms with Crippen molar-refractivity contribution in [3.63, 3.8) is 0 Å². The number of para-hydroxylation sites is 1. The molecule has 9 heteroatoms. The van der Waals surface area contributed by atoms with Gasteiger partial charge in [0.1, 0.15) is 0 Å². The third kappa shape index (κ3) is 5.32. The Balaban J connectivity index is 1.37. The molecule has 1 aromatic heterocycles. The summed E-state index contributed by atoms with van der Waals surface area (Å²) in [6.45, 7) is 4.78. The highest BCUT2D eigenvalue weighted by Crippen LogP contribution is 2.39. The number of benzene rings is 2. The molecule has 9 nitrogen and oxygen atoms in total. The third-order valence-electron chi connectivity index (χ3n) is 5.43. The zero-order valence-corrected chi connectivity index (χ0v) is 18.2. The van der Waals surface area contributed by atoms with Crippen LogP contribution in [-0.2, 0) is 0 Å². The first kappa shape index (κ1) is 22.3. The van der Waals surface area contributed by atoms with Gasteiger partial charge in [-0.3, -0.25) is 14.6 Å². The van der Waals surface area contributed by atoms with Gasteiger partial charge in [-0.1, -0.05) is 29.4 Å². The van der Waals surface area contributed by atoms with E-state index >= 15 is 0 Å². The second-order valence-electron chi connectivity index (χ2n) is 7.82. The van der Waals surface area contributed by atoms with E-state index in [-0.39, 0.29) is 18.4 Å². The standard InChI is InChI=1S/C24H26N6O3/c1-26-20-5-3-2-4-19(20)22(31)27-13-15-30(14-12-25)24(32)18-10-6-16(7-11-18)21-28-23(33-29-21)17-8-9-17/h2-7,10-11,17H,1,8-9,12-15,25H2,(H,27,31). The van der Waals surface area contributed by atoms with Crippen molar-refractivity contribution in [2.24, 2.45) is 10.7 Å². The van der Waals surface area contributed by atoms with E-state index in [0.29, 0.717) is 54.1 Å². The molecule has 1 fully saturated rings. The normalized spacial score (nSPS) is 12.9. The van der Waals surface area contributed by atoms with Crippen molar-refractivity contribution in [3.05, 3.63) is 65.5 Å². The van der Waals surface area contributed by atoms with Crippen molar-refractivity contribution in [2.75, 3.05) is 26.2 Å². The first-order valence-corrected chi connectivity index (χ1v) is 10.9. The topological polar surface area (TPSA) is 127 Å². The molecule has 170 valence electrons. The average molecular weight is 447 g/mol. The van der Waals surface area contributed by atoms with E-state index in [4.69, 9.17) is 10.3 Å². The molecule has 0 saturated heterocycles. The molecule has 1 saturated carbocycles. The third-order valence-corrected chi connectivity index (χ3v) is 5.43. The van der Waals surface area contributed by atoms with Crippen LogP contribution >= 0.6 is 0 Å². The van der Waals surface area contributed by atoms with Crippen LogP contribution in [0.25, 0.3) is 11.4 Å². The van der Waals surface area contributed by atoms with Gasteiger partial charge in [0.2, 0.25) is 11.7 Å². The lowest BCUT2D eigenvalue weighted by Gasteiger charge is -2.22. The molecule has 2 aromatic carbocycles. The number of amides is 2. The number of nitrogens with two attached hydrogens (primary N) is 1. The summed E-state index contributed by atoms with van der Waals surface area (Å²) in [7, 11) is 0. The Hall–Kier alpha value is -3.85. The first-order valence-electron chi connectivity index (χ1n) is 10.9. The van der Waals surface area contributed by atoms with E-state index in [2.05, 4.69) is 27.2 Å². The minimum Gasteiger partial charge on any atom is -0.350 e. The largest absolute Gasteiger partial charge is 0.350 e. The van der Waals surface area contributed by atoms with Crippen molar-refractivity contribution >= 4 is 24.2 Å². The summed E-state index contributed by atoms with van der Waals surface area (Å²) in [5, 5.41) is 6.86. The number of aromatic nitrogens is 2. The van der Waals surface area contributed by atoms with Gasteiger partial charge in [0.05, 0.1) is 11.3 Å². The maximum Gasteiger partial charge on any atom is 0.253 e. The molecule has 0 aliphatic heterocycles. The Morgan fingerprint density at radius 1 is 1.15 bits per heavy atom. The van der Waals surface area contributed by atoms with Crippen molar-refractivity contribution in [3.8, 4) is 11.4 Å². The second-order valence-corrected chi connectivity index (χ2v) is 7.82. The van der Waals surface area contributed by atoms with E-state index in [1.807, 2.05) is 0 Å². The molecule has 1 heterocycles. The van der Waals surface area contributed by atoms with Gasteiger partial charge in [-0.2, -0.15) is 4.98 Å². The van der Waals surface area contributed by atoms with Gasteiger partial charge in [-0.05, 0) is 43.8 Å². The zero-order chi connectivity index (χ0) is 23.2. The molecule has 4 rings (SSSR count). The molecular weight excluding hydrogens is 420 g/mol. The summed E-state index contributed by atoms with van der Waals surface area (Å²) in [4.78, 5) is 35.4. The Bertz CT molecular complexity index is 1140. The Kier molecular flexibility index (Phi) is 6.89. The molecule has 0 radical (unpaired) electrons. The van der Waals surface area contributed by atoms with Gasteiger partial charge < -0.3 is 20.5 Å². The lowest BCUT2D eigenvalue weighted by Crippen LogP contribution is -2.41. The van der Waals surface area contributed by atoms with Gasteiger partial charge in [0, 0.05) is 43.2 Å². The van der Waals surface area contributed by atoms with Crippen LogP contribution < -0.4 is 11.1 Å². The van der Waals surface area contributed by atoms with Crippen LogP contribution in [0.1, 0.15) is 45.4 Å². The van der Waals surface area contributed by atoms with Crippen LogP contribution in [0.3, 0.4) is 0 Å². The Labute approximate surface area is 191 Å². The molecule has 3 N–H and O–H groups in total. The van der Waals surface area contributed by atoms with E-state index in [9.17, 15) is 9.59 Å². The van der Waals surface area contributed by atoms with Gasteiger partial charge in [0.25, 0.3) is 11.8 Å². The number of hydrogen-bond donors (Lipinski definition) is 2. The fourth-order valence-corrected chi connectivity index (χ4v) is 3.47. The Morgan fingerprint density at radius 2 is 1.91 bits per heavy atom. The van der Waals surface area contributed by atoms with Crippen LogP contribution in [0.4, 0.5) is 5.69 Å². The fraction of sp³-hybridized carbons (Fsp3) is 0.292. The van der Waals surface area contributed by atoms with E-state index in [1.54, 1.807) is 53.4 Å². The predicted octanol–water partition coefficient (Wildman–Crippen LogP) is 2.78. The molecule has 33 heavy (non-hydrogen) atoms. The molecule has 0 atom stereocenters. The van der Waals surface area contributed by atoms with Gasteiger partial charge in [-0.15, -0.1) is 0 Å². The highest BCUT2D eigenvalue weighted by atomic mass is 16.5. The highest BCUT2D eigenvalue weighted by molar-refractivity contribution is 5.99. The van der Waals surface area contributed by atoms with Crippen molar-refractivity contribution in [1.29, 1.82) is 0 Å². The summed E-state index contributed by atoms with van der Waals surface area (Å²) in [6.07, 6.45) is 2.17. The Morgan fingerprint density at radius 3 is 2.61 bits per heavy atom. The first-order chi connectivity index (χ1) is 16.1. The summed E-state index contributed by atoms with van der Waals surface area (Å²) in [6, 6.07) is 14.0. The maximum absolute atomic E-state index is 13.0. The zero-order valence-electron chi connectivity index (χ0n) is 18.2. The quantitative estimate of drug-likeness (QED) is 0.461. The van der Waals surface area contributed by atoms with Crippen molar-refractivity contribution in [1.82, 2.24) is 20.4 Å². The molecule has 0 bridgehead atoms. The highest BCUT2D eigenvalue weighted by Gasteiger charge is 2.29. The lowest BCUT2D eigenvalue weighted by molar-refractivity contribution is 0.0753. The van der Waals surface area contributed by atoms with E-state index in [0.717, 1.165) is 18.4 Å². The molecular formula is C24H26N6O3. The minimum absolute atomic E-state index is 0.166. The average Bonchev–Trinajstić information content (AvgIpc) is 3.59. The van der Waals surface area contributed by atoms with E-state index in [1.165, 1.54) is 0 Å². The molecule has 0 unspecified atom stereocenters. The van der Waals surface area contributed by atoms with Crippen LogP contribution in [0.5, 0.6) is 0 Å². The number of carbonyl (C=O) groups is 2. The van der Waals surface area contributed by atoms with Crippen LogP contribution in [0, 0.1) is 0 Å². The second kappa shape index (κ2) is 10.2. The van der Waals surface area contributed by atoms with Crippen LogP contribution in [-0.4, -0.2) is 59.8 Å². The van der Waals surface area contributed by atoms with Gasteiger partial charge in [0.15, 0.2) is 0 Å². The molecule has 3 aromatic rings. The smallest absolute Gasteiger partial charge is 0.253 e. The van der Waals surface area contributed by atoms with Gasteiger partial charge in [-0.25, -0.2) is 0 Å². The number of nitrogens with one attached hydrogen (secondary N) is 1. The maximum atomic E-state index is 13.0. The van der Waals surface area contributed by atoms with Crippen LogP contribution in [0.15, 0.2) is 58.0 Å². The summed E-state index contributed by atoms with van der Waals surface area (Å²) < 4.78 is 5.31.